The first-order chi connectivity index (χ1) is 4.83. The zero-order valence-electron chi connectivity index (χ0n) is 5.17. The number of rotatable bonds is 1. The van der Waals surface area contributed by atoms with E-state index in [-0.39, 0.29) is 5.56 Å². The van der Waals surface area contributed by atoms with Crippen LogP contribution in [0.5, 0.6) is 0 Å². The molecule has 0 aromatic carbocycles. The highest BCUT2D eigenvalue weighted by atomic mass is 79.9. The van der Waals surface area contributed by atoms with E-state index < -0.39 is 0 Å². The number of hydrogen-bond acceptors (Lipinski definition) is 1. The number of halogens is 1. The predicted molar refractivity (Wildman–Crippen MR) is 45.0 cm³/mol. The van der Waals surface area contributed by atoms with Gasteiger partial charge >= 0.3 is 0 Å². The molecule has 0 spiro atoms. The molecule has 0 saturated heterocycles. The lowest BCUT2D eigenvalue weighted by Gasteiger charge is -1.86. The van der Waals surface area contributed by atoms with E-state index >= 15 is 0 Å². The number of aromatic amines is 1. The van der Waals surface area contributed by atoms with Crippen molar-refractivity contribution in [3.8, 4) is 0 Å². The van der Waals surface area contributed by atoms with Gasteiger partial charge in [-0.05, 0) is 22.7 Å². The molecule has 0 bridgehead atoms. The molecule has 1 N–H and O–H groups in total. The molecule has 10 heavy (non-hydrogen) atoms. The van der Waals surface area contributed by atoms with E-state index in [9.17, 15) is 4.79 Å². The quantitative estimate of drug-likeness (QED) is 0.735. The van der Waals surface area contributed by atoms with Crippen LogP contribution in [0.15, 0.2) is 28.1 Å². The lowest BCUT2D eigenvalue weighted by molar-refractivity contribution is 1.23. The smallest absolute Gasteiger partial charge is 0.248 e. The van der Waals surface area contributed by atoms with Gasteiger partial charge < -0.3 is 4.98 Å². The molecule has 0 aliphatic heterocycles. The minimum Gasteiger partial charge on any atom is -0.329 e. The van der Waals surface area contributed by atoms with E-state index in [2.05, 4.69) is 20.9 Å². The maximum absolute atomic E-state index is 10.7. The molecular weight excluding hydrogens is 194 g/mol. The van der Waals surface area contributed by atoms with E-state index in [1.807, 2.05) is 6.07 Å². The number of nitrogens with one attached hydrogen (secondary N) is 1. The average molecular weight is 200 g/mol. The second-order valence-electron chi connectivity index (χ2n) is 1.78. The van der Waals surface area contributed by atoms with E-state index in [4.69, 9.17) is 0 Å². The molecule has 0 aliphatic rings. The van der Waals surface area contributed by atoms with Crippen LogP contribution in [0.25, 0.3) is 6.08 Å². The zero-order chi connectivity index (χ0) is 7.40. The van der Waals surface area contributed by atoms with Gasteiger partial charge in [0.05, 0.1) is 0 Å². The molecule has 0 aliphatic carbocycles. The van der Waals surface area contributed by atoms with Gasteiger partial charge in [0, 0.05) is 12.3 Å². The second kappa shape index (κ2) is 3.37. The monoisotopic (exact) mass is 199 g/mol. The van der Waals surface area contributed by atoms with Crippen LogP contribution in [0.2, 0.25) is 0 Å². The zero-order valence-corrected chi connectivity index (χ0v) is 6.76. The average Bonchev–Trinajstić information content (AvgIpc) is 1.88. The summed E-state index contributed by atoms with van der Waals surface area (Å²) >= 11 is 3.12. The van der Waals surface area contributed by atoms with Crippen molar-refractivity contribution in [3.63, 3.8) is 0 Å². The van der Waals surface area contributed by atoms with Crippen LogP contribution in [0.3, 0.4) is 0 Å². The molecule has 1 aromatic rings. The largest absolute Gasteiger partial charge is 0.329 e. The Morgan fingerprint density at radius 1 is 1.60 bits per heavy atom. The van der Waals surface area contributed by atoms with Crippen molar-refractivity contribution in [2.24, 2.45) is 0 Å². The molecule has 1 heterocycles. The Hall–Kier alpha value is -0.830. The van der Waals surface area contributed by atoms with Gasteiger partial charge in [0.15, 0.2) is 0 Å². The Morgan fingerprint density at radius 3 is 3.00 bits per heavy atom. The van der Waals surface area contributed by atoms with Gasteiger partial charge in [0.25, 0.3) is 0 Å². The molecule has 0 atom stereocenters. The number of aromatic nitrogens is 1. The number of H-pyrrole nitrogens is 1. The Morgan fingerprint density at radius 2 is 2.40 bits per heavy atom. The van der Waals surface area contributed by atoms with Gasteiger partial charge in [0.2, 0.25) is 5.56 Å². The third-order valence-corrected chi connectivity index (χ3v) is 1.32. The summed E-state index contributed by atoms with van der Waals surface area (Å²) in [5, 5.41) is 0. The Balaban J connectivity index is 3.07. The van der Waals surface area contributed by atoms with Crippen LogP contribution < -0.4 is 5.56 Å². The number of hydrogen-bond donors (Lipinski definition) is 1. The molecule has 0 saturated carbocycles. The molecule has 52 valence electrons. The van der Waals surface area contributed by atoms with Crippen LogP contribution in [0.1, 0.15) is 5.56 Å². The van der Waals surface area contributed by atoms with Crippen LogP contribution in [0, 0.1) is 0 Å². The van der Waals surface area contributed by atoms with Crippen molar-refractivity contribution in [2.75, 3.05) is 0 Å². The molecule has 1 aromatic heterocycles. The minimum absolute atomic E-state index is 0.0805. The first-order valence-corrected chi connectivity index (χ1v) is 3.70. The maximum atomic E-state index is 10.7. The molecular formula is C7H6BrNO. The van der Waals surface area contributed by atoms with Gasteiger partial charge in [-0.3, -0.25) is 4.79 Å². The third kappa shape index (κ3) is 1.84. The van der Waals surface area contributed by atoms with Gasteiger partial charge in [-0.15, -0.1) is 0 Å². The Bertz CT molecular complexity index is 290. The summed E-state index contributed by atoms with van der Waals surface area (Å²) in [6.07, 6.45) is 3.42. The summed E-state index contributed by atoms with van der Waals surface area (Å²) < 4.78 is 0. The van der Waals surface area contributed by atoms with E-state index in [0.29, 0.717) is 0 Å². The molecule has 0 amide bonds. The predicted octanol–water partition coefficient (Wildman–Crippen LogP) is 1.74. The fourth-order valence-electron chi connectivity index (χ4n) is 0.638. The maximum Gasteiger partial charge on any atom is 0.248 e. The standard InChI is InChI=1S/C7H6BrNO/c8-3-1-6-2-4-9-7(10)5-6/h1-5H,(H,9,10)/b3-1+. The first kappa shape index (κ1) is 7.28. The van der Waals surface area contributed by atoms with Crippen LogP contribution in [0.4, 0.5) is 0 Å². The minimum atomic E-state index is -0.0805. The van der Waals surface area contributed by atoms with E-state index in [1.165, 1.54) is 6.07 Å². The van der Waals surface area contributed by atoms with E-state index in [0.717, 1.165) is 5.56 Å². The lowest BCUT2D eigenvalue weighted by Crippen LogP contribution is -2.01. The summed E-state index contributed by atoms with van der Waals surface area (Å²) in [6, 6.07) is 3.34. The van der Waals surface area contributed by atoms with Crippen molar-refractivity contribution < 1.29 is 0 Å². The van der Waals surface area contributed by atoms with Crippen molar-refractivity contribution >= 4 is 22.0 Å². The van der Waals surface area contributed by atoms with Crippen molar-refractivity contribution in [1.29, 1.82) is 0 Å². The van der Waals surface area contributed by atoms with Gasteiger partial charge in [-0.1, -0.05) is 15.9 Å². The lowest BCUT2D eigenvalue weighted by atomic mass is 10.3. The summed E-state index contributed by atoms with van der Waals surface area (Å²) in [5.41, 5.74) is 0.809. The molecule has 1 rings (SSSR count). The number of pyridine rings is 1. The van der Waals surface area contributed by atoms with Gasteiger partial charge in [-0.25, -0.2) is 0 Å². The molecule has 0 radical (unpaired) electrons. The first-order valence-electron chi connectivity index (χ1n) is 2.78. The summed E-state index contributed by atoms with van der Waals surface area (Å²) in [5.74, 6) is 0. The third-order valence-electron chi connectivity index (χ3n) is 1.05. The van der Waals surface area contributed by atoms with Crippen molar-refractivity contribution in [1.82, 2.24) is 4.98 Å². The summed E-state index contributed by atoms with van der Waals surface area (Å²) in [7, 11) is 0. The van der Waals surface area contributed by atoms with Crippen LogP contribution >= 0.6 is 15.9 Å². The van der Waals surface area contributed by atoms with Crippen molar-refractivity contribution in [2.45, 2.75) is 0 Å². The molecule has 3 heteroatoms. The highest BCUT2D eigenvalue weighted by Crippen LogP contribution is 1.97. The topological polar surface area (TPSA) is 32.9 Å². The van der Waals surface area contributed by atoms with Crippen molar-refractivity contribution in [3.05, 3.63) is 39.2 Å². The molecule has 0 fully saturated rings. The second-order valence-corrected chi connectivity index (χ2v) is 2.31. The highest BCUT2D eigenvalue weighted by Gasteiger charge is 1.84. The SMILES string of the molecule is O=c1cc(/C=C/Br)cc[nH]1. The van der Waals surface area contributed by atoms with Gasteiger partial charge in [0.1, 0.15) is 0 Å². The van der Waals surface area contributed by atoms with E-state index in [1.54, 1.807) is 17.3 Å². The fraction of sp³-hybridized carbons (Fsp3) is 0. The van der Waals surface area contributed by atoms with Crippen LogP contribution in [-0.2, 0) is 0 Å². The van der Waals surface area contributed by atoms with Gasteiger partial charge in [-0.2, -0.15) is 0 Å². The van der Waals surface area contributed by atoms with Crippen LogP contribution in [-0.4, -0.2) is 4.98 Å². The summed E-state index contributed by atoms with van der Waals surface area (Å²) in [4.78, 5) is 14.9. The Labute approximate surface area is 66.7 Å². The Kier molecular flexibility index (Phi) is 2.45. The molecule has 2 nitrogen and oxygen atoms in total. The normalized spacial score (nSPS) is 10.5. The summed E-state index contributed by atoms with van der Waals surface area (Å²) in [6.45, 7) is 0. The molecule has 0 unspecified atom stereocenters. The fourth-order valence-corrected chi connectivity index (χ4v) is 0.943. The highest BCUT2D eigenvalue weighted by molar-refractivity contribution is 9.11.